The van der Waals surface area contributed by atoms with E-state index in [2.05, 4.69) is 15.5 Å². The molecular weight excluding hydrogens is 380 g/mol. The number of hydrazone groups is 1. The lowest BCUT2D eigenvalue weighted by Gasteiger charge is -2.09. The number of rotatable bonds is 5. The quantitative estimate of drug-likeness (QED) is 0.303. The molecule has 1 N–H and O–H groups in total. The Kier molecular flexibility index (Phi) is 5.25. The largest absolute Gasteiger partial charge is 0.272 e. The lowest BCUT2D eigenvalue weighted by molar-refractivity contribution is -0.384. The van der Waals surface area contributed by atoms with Gasteiger partial charge in [0.15, 0.2) is 0 Å². The zero-order valence-electron chi connectivity index (χ0n) is 15.7. The van der Waals surface area contributed by atoms with E-state index in [4.69, 9.17) is 0 Å². The van der Waals surface area contributed by atoms with Gasteiger partial charge >= 0.3 is 0 Å². The number of nitro benzene ring substituents is 1. The fourth-order valence-electron chi connectivity index (χ4n) is 3.03. The number of non-ortho nitro benzene ring substituents is 1. The van der Waals surface area contributed by atoms with Gasteiger partial charge in [-0.2, -0.15) is 5.10 Å². The molecule has 30 heavy (non-hydrogen) atoms. The maximum Gasteiger partial charge on any atom is 0.272 e. The molecule has 7 nitrogen and oxygen atoms in total. The number of nitrogens with zero attached hydrogens (tertiary/aromatic N) is 3. The summed E-state index contributed by atoms with van der Waals surface area (Å²) < 4.78 is 0. The zero-order chi connectivity index (χ0) is 20.9. The molecule has 1 aromatic heterocycles. The van der Waals surface area contributed by atoms with E-state index in [9.17, 15) is 14.9 Å². The third-order valence-corrected chi connectivity index (χ3v) is 4.51. The minimum atomic E-state index is -0.471. The van der Waals surface area contributed by atoms with E-state index in [-0.39, 0.29) is 11.6 Å². The summed E-state index contributed by atoms with van der Waals surface area (Å²) in [6, 6.07) is 24.7. The summed E-state index contributed by atoms with van der Waals surface area (Å²) in [7, 11) is 0. The molecule has 7 heteroatoms. The number of carbonyl (C=O) groups excluding carboxylic acids is 1. The number of benzene rings is 3. The molecule has 4 rings (SSSR count). The number of hydrogen-bond donors (Lipinski definition) is 1. The second-order valence-corrected chi connectivity index (χ2v) is 6.49. The smallest absolute Gasteiger partial charge is 0.267 e. The average Bonchev–Trinajstić information content (AvgIpc) is 2.79. The molecule has 0 fully saturated rings. The van der Waals surface area contributed by atoms with Gasteiger partial charge in [0.1, 0.15) is 0 Å². The van der Waals surface area contributed by atoms with E-state index in [1.807, 2.05) is 54.6 Å². The number of aromatic nitrogens is 1. The molecule has 146 valence electrons. The van der Waals surface area contributed by atoms with Crippen LogP contribution in [0.15, 0.2) is 90.0 Å². The lowest BCUT2D eigenvalue weighted by Crippen LogP contribution is -2.18. The van der Waals surface area contributed by atoms with Gasteiger partial charge in [-0.15, -0.1) is 0 Å². The number of nitro groups is 1. The molecule has 0 aliphatic rings. The topological polar surface area (TPSA) is 97.5 Å². The highest BCUT2D eigenvalue weighted by atomic mass is 16.6. The molecule has 1 amide bonds. The highest BCUT2D eigenvalue weighted by Gasteiger charge is 2.13. The number of carbonyl (C=O) groups is 1. The van der Waals surface area contributed by atoms with Gasteiger partial charge in [-0.25, -0.2) is 10.4 Å². The minimum Gasteiger partial charge on any atom is -0.267 e. The van der Waals surface area contributed by atoms with Crippen LogP contribution >= 0.6 is 0 Å². The molecule has 0 saturated heterocycles. The Morgan fingerprint density at radius 1 is 0.967 bits per heavy atom. The fourth-order valence-corrected chi connectivity index (χ4v) is 3.03. The number of nitrogens with one attached hydrogen (secondary N) is 1. The van der Waals surface area contributed by atoms with Crippen LogP contribution in [0.1, 0.15) is 15.9 Å². The second-order valence-electron chi connectivity index (χ2n) is 6.49. The molecule has 0 aliphatic heterocycles. The Morgan fingerprint density at radius 2 is 1.67 bits per heavy atom. The average molecular weight is 396 g/mol. The Balaban J connectivity index is 1.61. The van der Waals surface area contributed by atoms with Crippen molar-refractivity contribution in [1.29, 1.82) is 0 Å². The Hall–Kier alpha value is -4.39. The Labute approximate surface area is 171 Å². The summed E-state index contributed by atoms with van der Waals surface area (Å²) >= 11 is 0. The predicted octanol–water partition coefficient (Wildman–Crippen LogP) is 4.57. The van der Waals surface area contributed by atoms with Crippen molar-refractivity contribution in [1.82, 2.24) is 10.4 Å². The van der Waals surface area contributed by atoms with Gasteiger partial charge in [0, 0.05) is 23.1 Å². The molecule has 0 saturated carbocycles. The van der Waals surface area contributed by atoms with Crippen molar-refractivity contribution >= 4 is 28.7 Å². The molecule has 0 spiro atoms. The maximum atomic E-state index is 12.8. The van der Waals surface area contributed by atoms with Crippen molar-refractivity contribution in [3.63, 3.8) is 0 Å². The summed E-state index contributed by atoms with van der Waals surface area (Å²) in [6.07, 6.45) is 1.43. The van der Waals surface area contributed by atoms with E-state index in [1.165, 1.54) is 18.3 Å². The number of pyridine rings is 1. The first-order chi connectivity index (χ1) is 14.6. The third kappa shape index (κ3) is 4.05. The third-order valence-electron chi connectivity index (χ3n) is 4.51. The first-order valence-corrected chi connectivity index (χ1v) is 9.15. The van der Waals surface area contributed by atoms with Gasteiger partial charge in [0.05, 0.1) is 27.9 Å². The first kappa shape index (κ1) is 18.9. The molecule has 4 aromatic rings. The highest BCUT2D eigenvalue weighted by molar-refractivity contribution is 6.07. The molecule has 1 heterocycles. The standard InChI is InChI=1S/C23H16N4O3/c28-23(26-24-15-16-10-12-18(13-11-16)27(29)30)20-14-22(17-6-2-1-3-7-17)25-21-9-5-4-8-19(20)21/h1-15H,(H,26,28). The van der Waals surface area contributed by atoms with E-state index in [0.717, 1.165) is 10.9 Å². The first-order valence-electron chi connectivity index (χ1n) is 9.15. The van der Waals surface area contributed by atoms with E-state index in [0.29, 0.717) is 22.3 Å². The van der Waals surface area contributed by atoms with Crippen LogP contribution in [-0.4, -0.2) is 22.0 Å². The maximum absolute atomic E-state index is 12.8. The van der Waals surface area contributed by atoms with Crippen LogP contribution in [0.2, 0.25) is 0 Å². The number of hydrogen-bond acceptors (Lipinski definition) is 5. The normalized spacial score (nSPS) is 10.9. The lowest BCUT2D eigenvalue weighted by atomic mass is 10.0. The summed E-state index contributed by atoms with van der Waals surface area (Å²) in [6.45, 7) is 0. The van der Waals surface area contributed by atoms with Crippen LogP contribution in [0.4, 0.5) is 5.69 Å². The van der Waals surface area contributed by atoms with Gasteiger partial charge in [-0.3, -0.25) is 14.9 Å². The van der Waals surface area contributed by atoms with Crippen LogP contribution in [0.3, 0.4) is 0 Å². The summed E-state index contributed by atoms with van der Waals surface area (Å²) in [4.78, 5) is 27.7. The van der Waals surface area contributed by atoms with Gasteiger partial charge in [-0.1, -0.05) is 48.5 Å². The van der Waals surface area contributed by atoms with Gasteiger partial charge in [0.2, 0.25) is 0 Å². The fraction of sp³-hybridized carbons (Fsp3) is 0. The second kappa shape index (κ2) is 8.32. The molecule has 0 atom stereocenters. The van der Waals surface area contributed by atoms with Crippen molar-refractivity contribution in [2.45, 2.75) is 0 Å². The van der Waals surface area contributed by atoms with Crippen LogP contribution in [0.25, 0.3) is 22.2 Å². The SMILES string of the molecule is O=C(NN=Cc1ccc([N+](=O)[O-])cc1)c1cc(-c2ccccc2)nc2ccccc12. The van der Waals surface area contributed by atoms with Gasteiger partial charge in [-0.05, 0) is 29.8 Å². The number of para-hydroxylation sites is 1. The predicted molar refractivity (Wildman–Crippen MR) is 115 cm³/mol. The number of amides is 1. The molecule has 0 unspecified atom stereocenters. The molecule has 0 aliphatic carbocycles. The summed E-state index contributed by atoms with van der Waals surface area (Å²) in [5.41, 5.74) is 5.92. The summed E-state index contributed by atoms with van der Waals surface area (Å²) in [5.74, 6) is -0.371. The van der Waals surface area contributed by atoms with Crippen LogP contribution in [-0.2, 0) is 0 Å². The van der Waals surface area contributed by atoms with E-state index < -0.39 is 4.92 Å². The van der Waals surface area contributed by atoms with Crippen LogP contribution in [0.5, 0.6) is 0 Å². The van der Waals surface area contributed by atoms with Crippen LogP contribution in [0, 0.1) is 10.1 Å². The van der Waals surface area contributed by atoms with E-state index in [1.54, 1.807) is 18.2 Å². The Morgan fingerprint density at radius 3 is 2.40 bits per heavy atom. The highest BCUT2D eigenvalue weighted by Crippen LogP contribution is 2.24. The zero-order valence-corrected chi connectivity index (χ0v) is 15.7. The molecule has 0 bridgehead atoms. The number of fused-ring (bicyclic) bond motifs is 1. The van der Waals surface area contributed by atoms with Gasteiger partial charge < -0.3 is 0 Å². The van der Waals surface area contributed by atoms with Crippen LogP contribution < -0.4 is 5.43 Å². The molecular formula is C23H16N4O3. The minimum absolute atomic E-state index is 0.00659. The van der Waals surface area contributed by atoms with Gasteiger partial charge in [0.25, 0.3) is 11.6 Å². The van der Waals surface area contributed by atoms with E-state index >= 15 is 0 Å². The van der Waals surface area contributed by atoms with Crippen molar-refractivity contribution in [2.75, 3.05) is 0 Å². The monoisotopic (exact) mass is 396 g/mol. The van der Waals surface area contributed by atoms with Crippen molar-refractivity contribution in [3.8, 4) is 11.3 Å². The summed E-state index contributed by atoms with van der Waals surface area (Å²) in [5, 5.41) is 15.4. The molecule has 3 aromatic carbocycles. The molecule has 0 radical (unpaired) electrons. The van der Waals surface area contributed by atoms with Crippen molar-refractivity contribution in [2.24, 2.45) is 5.10 Å². The van der Waals surface area contributed by atoms with Crippen molar-refractivity contribution < 1.29 is 9.72 Å². The Bertz CT molecular complexity index is 1250. The van der Waals surface area contributed by atoms with Crippen molar-refractivity contribution in [3.05, 3.63) is 106 Å².